The van der Waals surface area contributed by atoms with Gasteiger partial charge in [-0.05, 0) is 31.4 Å². The van der Waals surface area contributed by atoms with Gasteiger partial charge in [-0.15, -0.1) is 0 Å². The van der Waals surface area contributed by atoms with Crippen molar-refractivity contribution in [1.29, 1.82) is 0 Å². The van der Waals surface area contributed by atoms with Crippen LogP contribution in [0.25, 0.3) is 0 Å². The standard InChI is InChI=1S/C13H20N4O/c1-8-6-7-16-13(11(8)12(15)18)17-10-5-3-2-4-9(10)14/h6-7,9-10H,2-5,14H2,1H3,(H2,15,18)(H,16,17). The molecule has 1 aliphatic carbocycles. The van der Waals surface area contributed by atoms with E-state index in [9.17, 15) is 4.79 Å². The number of carbonyl (C=O) groups excluding carboxylic acids is 1. The Morgan fingerprint density at radius 2 is 2.17 bits per heavy atom. The highest BCUT2D eigenvalue weighted by Gasteiger charge is 2.23. The largest absolute Gasteiger partial charge is 0.365 e. The van der Waals surface area contributed by atoms with Crippen molar-refractivity contribution in [3.63, 3.8) is 0 Å². The first-order valence-electron chi connectivity index (χ1n) is 6.37. The molecule has 2 rings (SSSR count). The van der Waals surface area contributed by atoms with Gasteiger partial charge in [0.15, 0.2) is 0 Å². The number of aromatic nitrogens is 1. The van der Waals surface area contributed by atoms with Gasteiger partial charge in [0.05, 0.1) is 5.56 Å². The summed E-state index contributed by atoms with van der Waals surface area (Å²) in [6, 6.07) is 2.07. The van der Waals surface area contributed by atoms with E-state index < -0.39 is 5.91 Å². The number of hydrogen-bond donors (Lipinski definition) is 3. The molecular weight excluding hydrogens is 228 g/mol. The first-order valence-corrected chi connectivity index (χ1v) is 6.37. The molecule has 2 unspecified atom stereocenters. The van der Waals surface area contributed by atoms with Gasteiger partial charge in [-0.1, -0.05) is 12.8 Å². The van der Waals surface area contributed by atoms with E-state index in [0.29, 0.717) is 11.4 Å². The van der Waals surface area contributed by atoms with Crippen LogP contribution in [-0.4, -0.2) is 23.0 Å². The second-order valence-corrected chi connectivity index (χ2v) is 4.91. The Bertz CT molecular complexity index is 447. The van der Waals surface area contributed by atoms with E-state index >= 15 is 0 Å². The van der Waals surface area contributed by atoms with Gasteiger partial charge in [-0.3, -0.25) is 4.79 Å². The zero-order chi connectivity index (χ0) is 13.1. The minimum atomic E-state index is -0.451. The molecule has 1 heterocycles. The molecule has 1 aliphatic rings. The van der Waals surface area contributed by atoms with Crippen LogP contribution in [0.15, 0.2) is 12.3 Å². The van der Waals surface area contributed by atoms with Crippen molar-refractivity contribution in [1.82, 2.24) is 4.98 Å². The lowest BCUT2D eigenvalue weighted by atomic mass is 9.91. The summed E-state index contributed by atoms with van der Waals surface area (Å²) in [6.07, 6.45) is 6.02. The molecule has 5 N–H and O–H groups in total. The summed E-state index contributed by atoms with van der Waals surface area (Å²) >= 11 is 0. The van der Waals surface area contributed by atoms with E-state index in [0.717, 1.165) is 24.8 Å². The third-order valence-electron chi connectivity index (χ3n) is 3.55. The summed E-state index contributed by atoms with van der Waals surface area (Å²) in [7, 11) is 0. The Morgan fingerprint density at radius 3 is 2.83 bits per heavy atom. The highest BCUT2D eigenvalue weighted by Crippen LogP contribution is 2.23. The van der Waals surface area contributed by atoms with E-state index in [1.165, 1.54) is 6.42 Å². The molecule has 0 aromatic carbocycles. The van der Waals surface area contributed by atoms with Gasteiger partial charge in [0.1, 0.15) is 5.82 Å². The van der Waals surface area contributed by atoms with Crippen LogP contribution < -0.4 is 16.8 Å². The molecule has 0 spiro atoms. The molecule has 98 valence electrons. The lowest BCUT2D eigenvalue weighted by Gasteiger charge is -2.30. The molecule has 5 nitrogen and oxygen atoms in total. The Balaban J connectivity index is 2.23. The van der Waals surface area contributed by atoms with Crippen LogP contribution in [0.5, 0.6) is 0 Å². The Hall–Kier alpha value is -1.62. The molecule has 0 radical (unpaired) electrons. The van der Waals surface area contributed by atoms with Gasteiger partial charge < -0.3 is 16.8 Å². The van der Waals surface area contributed by atoms with Gasteiger partial charge in [-0.25, -0.2) is 4.98 Å². The van der Waals surface area contributed by atoms with Crippen LogP contribution in [0.1, 0.15) is 41.6 Å². The lowest BCUT2D eigenvalue weighted by molar-refractivity contribution is 0.1000. The van der Waals surface area contributed by atoms with E-state index in [1.54, 1.807) is 12.3 Å². The van der Waals surface area contributed by atoms with E-state index in [-0.39, 0.29) is 12.1 Å². The third-order valence-corrected chi connectivity index (χ3v) is 3.55. The Morgan fingerprint density at radius 1 is 1.44 bits per heavy atom. The Labute approximate surface area is 107 Å². The molecule has 18 heavy (non-hydrogen) atoms. The fourth-order valence-corrected chi connectivity index (χ4v) is 2.49. The summed E-state index contributed by atoms with van der Waals surface area (Å²) in [4.78, 5) is 15.7. The number of aryl methyl sites for hydroxylation is 1. The highest BCUT2D eigenvalue weighted by atomic mass is 16.1. The lowest BCUT2D eigenvalue weighted by Crippen LogP contribution is -2.43. The van der Waals surface area contributed by atoms with Crippen molar-refractivity contribution < 1.29 is 4.79 Å². The number of nitrogens with zero attached hydrogens (tertiary/aromatic N) is 1. The smallest absolute Gasteiger partial charge is 0.252 e. The van der Waals surface area contributed by atoms with Crippen molar-refractivity contribution in [3.8, 4) is 0 Å². The summed E-state index contributed by atoms with van der Waals surface area (Å²) in [5.74, 6) is 0.109. The van der Waals surface area contributed by atoms with Crippen LogP contribution in [0.3, 0.4) is 0 Å². The van der Waals surface area contributed by atoms with E-state index in [2.05, 4.69) is 10.3 Å². The second kappa shape index (κ2) is 5.35. The highest BCUT2D eigenvalue weighted by molar-refractivity contribution is 5.99. The van der Waals surface area contributed by atoms with Gasteiger partial charge >= 0.3 is 0 Å². The number of carbonyl (C=O) groups is 1. The monoisotopic (exact) mass is 248 g/mol. The van der Waals surface area contributed by atoms with Gasteiger partial charge in [0.2, 0.25) is 0 Å². The van der Waals surface area contributed by atoms with Crippen molar-refractivity contribution in [2.75, 3.05) is 5.32 Å². The predicted molar refractivity (Wildman–Crippen MR) is 71.3 cm³/mol. The van der Waals surface area contributed by atoms with Gasteiger partial charge in [0, 0.05) is 18.3 Å². The fourth-order valence-electron chi connectivity index (χ4n) is 2.49. The molecular formula is C13H20N4O. The molecule has 1 fully saturated rings. The normalized spacial score (nSPS) is 23.7. The molecule has 5 heteroatoms. The average Bonchev–Trinajstić information content (AvgIpc) is 2.31. The van der Waals surface area contributed by atoms with E-state index in [1.807, 2.05) is 6.92 Å². The predicted octanol–water partition coefficient (Wildman–Crippen LogP) is 1.17. The number of amides is 1. The summed E-state index contributed by atoms with van der Waals surface area (Å²) in [5, 5.41) is 3.28. The van der Waals surface area contributed by atoms with Gasteiger partial charge in [0.25, 0.3) is 5.91 Å². The first-order chi connectivity index (χ1) is 8.59. The van der Waals surface area contributed by atoms with Crippen LogP contribution in [0.2, 0.25) is 0 Å². The fraction of sp³-hybridized carbons (Fsp3) is 0.538. The molecule has 0 bridgehead atoms. The number of primary amides is 1. The maximum Gasteiger partial charge on any atom is 0.252 e. The molecule has 2 atom stereocenters. The molecule has 1 amide bonds. The van der Waals surface area contributed by atoms with Crippen LogP contribution in [-0.2, 0) is 0 Å². The number of nitrogens with two attached hydrogens (primary N) is 2. The minimum absolute atomic E-state index is 0.113. The quantitative estimate of drug-likeness (QED) is 0.748. The number of hydrogen-bond acceptors (Lipinski definition) is 4. The zero-order valence-corrected chi connectivity index (χ0v) is 10.6. The van der Waals surface area contributed by atoms with Crippen molar-refractivity contribution in [3.05, 3.63) is 23.4 Å². The van der Waals surface area contributed by atoms with Crippen molar-refractivity contribution in [2.24, 2.45) is 11.5 Å². The summed E-state index contributed by atoms with van der Waals surface area (Å²) in [5.41, 5.74) is 12.8. The number of rotatable bonds is 3. The minimum Gasteiger partial charge on any atom is -0.365 e. The Kier molecular flexibility index (Phi) is 3.81. The molecule has 1 aromatic heterocycles. The molecule has 0 saturated heterocycles. The maximum atomic E-state index is 11.5. The maximum absolute atomic E-state index is 11.5. The second-order valence-electron chi connectivity index (χ2n) is 4.91. The number of nitrogens with one attached hydrogen (secondary N) is 1. The molecule has 1 aromatic rings. The number of anilines is 1. The van der Waals surface area contributed by atoms with Crippen LogP contribution >= 0.6 is 0 Å². The summed E-state index contributed by atoms with van der Waals surface area (Å²) < 4.78 is 0. The average molecular weight is 248 g/mol. The third kappa shape index (κ3) is 2.61. The summed E-state index contributed by atoms with van der Waals surface area (Å²) in [6.45, 7) is 1.85. The number of pyridine rings is 1. The van der Waals surface area contributed by atoms with Crippen LogP contribution in [0.4, 0.5) is 5.82 Å². The van der Waals surface area contributed by atoms with Crippen molar-refractivity contribution >= 4 is 11.7 Å². The molecule has 1 saturated carbocycles. The van der Waals surface area contributed by atoms with E-state index in [4.69, 9.17) is 11.5 Å². The van der Waals surface area contributed by atoms with Crippen molar-refractivity contribution in [2.45, 2.75) is 44.7 Å². The zero-order valence-electron chi connectivity index (χ0n) is 10.6. The SMILES string of the molecule is Cc1ccnc(NC2CCCCC2N)c1C(N)=O. The van der Waals surface area contributed by atoms with Gasteiger partial charge in [-0.2, -0.15) is 0 Å². The first kappa shape index (κ1) is 12.8. The topological polar surface area (TPSA) is 94.0 Å². The molecule has 0 aliphatic heterocycles. The van der Waals surface area contributed by atoms with Crippen LogP contribution in [0, 0.1) is 6.92 Å².